The number of rotatable bonds is 2. The number of alkyl halides is 4. The standard InChI is InChI=1S/C16H12F4O2/c17-15(18)13(21,11-7-3-1-4-8-11)14(22,16(15,19)20)12-9-5-2-6-10-12/h1-10,21-22H/t13-,14+. The third kappa shape index (κ3) is 1.37. The minimum Gasteiger partial charge on any atom is -0.376 e. The molecule has 0 amide bonds. The van der Waals surface area contributed by atoms with Gasteiger partial charge in [-0.25, -0.2) is 0 Å². The fourth-order valence-electron chi connectivity index (χ4n) is 2.99. The van der Waals surface area contributed by atoms with Crippen LogP contribution in [0.4, 0.5) is 17.6 Å². The van der Waals surface area contributed by atoms with Gasteiger partial charge in [0.15, 0.2) is 11.2 Å². The van der Waals surface area contributed by atoms with Gasteiger partial charge in [0.25, 0.3) is 0 Å². The highest BCUT2D eigenvalue weighted by Gasteiger charge is 2.95. The Morgan fingerprint density at radius 2 is 0.818 bits per heavy atom. The first-order valence-corrected chi connectivity index (χ1v) is 6.52. The van der Waals surface area contributed by atoms with Crippen molar-refractivity contribution in [2.24, 2.45) is 0 Å². The van der Waals surface area contributed by atoms with E-state index in [1.54, 1.807) is 0 Å². The summed E-state index contributed by atoms with van der Waals surface area (Å²) in [5.74, 6) is -9.63. The summed E-state index contributed by atoms with van der Waals surface area (Å²) in [6, 6.07) is 12.6. The van der Waals surface area contributed by atoms with Crippen molar-refractivity contribution >= 4 is 0 Å². The maximum Gasteiger partial charge on any atom is 0.349 e. The minimum absolute atomic E-state index is 0.475. The van der Waals surface area contributed by atoms with Gasteiger partial charge in [0.05, 0.1) is 0 Å². The highest BCUT2D eigenvalue weighted by atomic mass is 19.3. The molecule has 0 unspecified atom stereocenters. The van der Waals surface area contributed by atoms with Crippen LogP contribution in [0.3, 0.4) is 0 Å². The van der Waals surface area contributed by atoms with Gasteiger partial charge >= 0.3 is 11.8 Å². The van der Waals surface area contributed by atoms with Crippen LogP contribution in [0.2, 0.25) is 0 Å². The van der Waals surface area contributed by atoms with Crippen LogP contribution in [0.15, 0.2) is 60.7 Å². The lowest BCUT2D eigenvalue weighted by molar-refractivity contribution is -0.489. The van der Waals surface area contributed by atoms with E-state index in [2.05, 4.69) is 0 Å². The van der Waals surface area contributed by atoms with Crippen LogP contribution in [-0.4, -0.2) is 22.1 Å². The zero-order chi connectivity index (χ0) is 16.2. The molecule has 22 heavy (non-hydrogen) atoms. The van der Waals surface area contributed by atoms with Crippen LogP contribution in [0.25, 0.3) is 0 Å². The van der Waals surface area contributed by atoms with Crippen LogP contribution in [0.5, 0.6) is 0 Å². The first kappa shape index (κ1) is 15.0. The monoisotopic (exact) mass is 312 g/mol. The van der Waals surface area contributed by atoms with E-state index in [4.69, 9.17) is 0 Å². The second-order valence-corrected chi connectivity index (χ2v) is 5.30. The molecule has 2 aromatic rings. The largest absolute Gasteiger partial charge is 0.376 e. The van der Waals surface area contributed by atoms with Crippen LogP contribution < -0.4 is 0 Å². The molecular formula is C16H12F4O2. The Morgan fingerprint density at radius 1 is 0.545 bits per heavy atom. The maximum atomic E-state index is 14.1. The van der Waals surface area contributed by atoms with Gasteiger partial charge in [0, 0.05) is 0 Å². The fourth-order valence-corrected chi connectivity index (χ4v) is 2.99. The first-order valence-electron chi connectivity index (χ1n) is 6.52. The van der Waals surface area contributed by atoms with Gasteiger partial charge in [0.1, 0.15) is 0 Å². The summed E-state index contributed by atoms with van der Waals surface area (Å²) in [6.45, 7) is 0. The zero-order valence-electron chi connectivity index (χ0n) is 11.2. The Hall–Kier alpha value is -1.92. The molecule has 2 nitrogen and oxygen atoms in total. The molecule has 0 aliphatic heterocycles. The summed E-state index contributed by atoms with van der Waals surface area (Å²) in [6.07, 6.45) is 0. The molecule has 0 bridgehead atoms. The van der Waals surface area contributed by atoms with E-state index in [1.165, 1.54) is 36.4 Å². The van der Waals surface area contributed by atoms with E-state index in [0.29, 0.717) is 0 Å². The molecule has 116 valence electrons. The molecule has 0 saturated heterocycles. The molecule has 2 aromatic carbocycles. The summed E-state index contributed by atoms with van der Waals surface area (Å²) in [5, 5.41) is 20.9. The van der Waals surface area contributed by atoms with Crippen molar-refractivity contribution in [2.45, 2.75) is 23.0 Å². The van der Waals surface area contributed by atoms with Crippen LogP contribution >= 0.6 is 0 Å². The molecule has 2 atom stereocenters. The van der Waals surface area contributed by atoms with E-state index in [1.807, 2.05) is 0 Å². The highest BCUT2D eigenvalue weighted by molar-refractivity contribution is 5.47. The number of halogens is 4. The van der Waals surface area contributed by atoms with Gasteiger partial charge in [-0.05, 0) is 11.1 Å². The molecule has 1 aliphatic carbocycles. The van der Waals surface area contributed by atoms with Gasteiger partial charge in [-0.1, -0.05) is 60.7 Å². The SMILES string of the molecule is O[C@]1(c2ccccc2)C(F)(F)C(F)(F)[C@@]1(O)c1ccccc1. The number of hydrogen-bond donors (Lipinski definition) is 2. The topological polar surface area (TPSA) is 40.5 Å². The highest BCUT2D eigenvalue weighted by Crippen LogP contribution is 2.72. The van der Waals surface area contributed by atoms with Gasteiger partial charge < -0.3 is 10.2 Å². The second kappa shape index (κ2) is 4.30. The number of hydrogen-bond acceptors (Lipinski definition) is 2. The van der Waals surface area contributed by atoms with Gasteiger partial charge in [-0.3, -0.25) is 0 Å². The average Bonchev–Trinajstić information content (AvgIpc) is 2.54. The number of benzene rings is 2. The Bertz CT molecular complexity index is 628. The third-order valence-corrected chi connectivity index (χ3v) is 4.21. The van der Waals surface area contributed by atoms with E-state index < -0.39 is 34.2 Å². The molecule has 2 N–H and O–H groups in total. The van der Waals surface area contributed by atoms with Crippen molar-refractivity contribution in [1.29, 1.82) is 0 Å². The second-order valence-electron chi connectivity index (χ2n) is 5.30. The van der Waals surface area contributed by atoms with Gasteiger partial charge in [-0.15, -0.1) is 0 Å². The predicted molar refractivity (Wildman–Crippen MR) is 70.6 cm³/mol. The normalized spacial score (nSPS) is 32.3. The molecule has 3 rings (SSSR count). The summed E-state index contributed by atoms with van der Waals surface area (Å²) < 4.78 is 56.3. The third-order valence-electron chi connectivity index (χ3n) is 4.21. The Morgan fingerprint density at radius 3 is 1.09 bits per heavy atom. The van der Waals surface area contributed by atoms with Gasteiger partial charge in [0.2, 0.25) is 0 Å². The van der Waals surface area contributed by atoms with Crippen molar-refractivity contribution < 1.29 is 27.8 Å². The first-order chi connectivity index (χ1) is 10.2. The molecule has 0 radical (unpaired) electrons. The Labute approximate surface area is 123 Å². The molecule has 1 fully saturated rings. The van der Waals surface area contributed by atoms with Crippen molar-refractivity contribution in [3.63, 3.8) is 0 Å². The summed E-state index contributed by atoms with van der Waals surface area (Å²) in [4.78, 5) is 0. The van der Waals surface area contributed by atoms with Crippen LogP contribution in [0.1, 0.15) is 11.1 Å². The van der Waals surface area contributed by atoms with Gasteiger partial charge in [-0.2, -0.15) is 17.6 Å². The van der Waals surface area contributed by atoms with Crippen LogP contribution in [0, 0.1) is 0 Å². The predicted octanol–water partition coefficient (Wildman–Crippen LogP) is 3.05. The maximum absolute atomic E-state index is 14.1. The molecule has 1 saturated carbocycles. The van der Waals surface area contributed by atoms with E-state index in [0.717, 1.165) is 24.3 Å². The summed E-state index contributed by atoms with van der Waals surface area (Å²) in [5.41, 5.74) is -7.80. The summed E-state index contributed by atoms with van der Waals surface area (Å²) >= 11 is 0. The van der Waals surface area contributed by atoms with E-state index >= 15 is 0 Å². The summed E-state index contributed by atoms with van der Waals surface area (Å²) in [7, 11) is 0. The fraction of sp³-hybridized carbons (Fsp3) is 0.250. The molecule has 6 heteroatoms. The lowest BCUT2D eigenvalue weighted by Crippen LogP contribution is -2.85. The molecule has 1 aliphatic rings. The molecule has 0 heterocycles. The van der Waals surface area contributed by atoms with Crippen molar-refractivity contribution in [2.75, 3.05) is 0 Å². The lowest BCUT2D eigenvalue weighted by atomic mass is 9.53. The average molecular weight is 312 g/mol. The van der Waals surface area contributed by atoms with Crippen molar-refractivity contribution in [3.05, 3.63) is 71.8 Å². The van der Waals surface area contributed by atoms with Crippen molar-refractivity contribution in [1.82, 2.24) is 0 Å². The quantitative estimate of drug-likeness (QED) is 0.837. The Kier molecular flexibility index (Phi) is 2.93. The van der Waals surface area contributed by atoms with E-state index in [9.17, 15) is 27.8 Å². The molecule has 0 aromatic heterocycles. The van der Waals surface area contributed by atoms with E-state index in [-0.39, 0.29) is 0 Å². The van der Waals surface area contributed by atoms with Crippen molar-refractivity contribution in [3.8, 4) is 0 Å². The smallest absolute Gasteiger partial charge is 0.349 e. The lowest BCUT2D eigenvalue weighted by Gasteiger charge is -2.62. The molecular weight excluding hydrogens is 300 g/mol. The number of aliphatic hydroxyl groups is 2. The zero-order valence-corrected chi connectivity index (χ0v) is 11.2. The molecule has 0 spiro atoms. The van der Waals surface area contributed by atoms with Crippen LogP contribution in [-0.2, 0) is 11.2 Å². The minimum atomic E-state index is -4.81. The Balaban J connectivity index is 2.28.